The van der Waals surface area contributed by atoms with E-state index in [2.05, 4.69) is 15.9 Å². The van der Waals surface area contributed by atoms with E-state index in [9.17, 15) is 5.11 Å². The van der Waals surface area contributed by atoms with Crippen molar-refractivity contribution in [3.63, 3.8) is 0 Å². The molecule has 80 valence electrons. The van der Waals surface area contributed by atoms with Crippen LogP contribution in [0.4, 0.5) is 0 Å². The summed E-state index contributed by atoms with van der Waals surface area (Å²) in [5, 5.41) is 10.8. The van der Waals surface area contributed by atoms with Crippen molar-refractivity contribution in [2.45, 2.75) is 12.5 Å². The molecule has 0 bridgehead atoms. The van der Waals surface area contributed by atoms with E-state index >= 15 is 0 Å². The summed E-state index contributed by atoms with van der Waals surface area (Å²) in [6, 6.07) is 5.64. The molecule has 0 spiro atoms. The maximum absolute atomic E-state index is 9.78. The van der Waals surface area contributed by atoms with Crippen LogP contribution in [0.2, 0.25) is 0 Å². The second kappa shape index (κ2) is 4.35. The quantitative estimate of drug-likeness (QED) is 0.901. The molecule has 0 radical (unpaired) electrons. The Kier molecular flexibility index (Phi) is 3.09. The Morgan fingerprint density at radius 3 is 3.00 bits per heavy atom. The number of benzene rings is 1. The van der Waals surface area contributed by atoms with Crippen LogP contribution >= 0.6 is 15.9 Å². The molecule has 15 heavy (non-hydrogen) atoms. The molecule has 3 N–H and O–H groups in total. The molecule has 0 saturated carbocycles. The highest BCUT2D eigenvalue weighted by Gasteiger charge is 2.09. The number of aliphatic hydroxyl groups is 1. The Bertz CT molecular complexity index is 467. The SMILES string of the molecule is NCCC(O)c1ccc2occ(Br)c2c1. The Balaban J connectivity index is 2.41. The molecule has 0 amide bonds. The molecule has 2 aromatic rings. The van der Waals surface area contributed by atoms with Gasteiger partial charge >= 0.3 is 0 Å². The number of furan rings is 1. The number of rotatable bonds is 3. The molecule has 0 aliphatic carbocycles. The van der Waals surface area contributed by atoms with E-state index in [-0.39, 0.29) is 0 Å². The van der Waals surface area contributed by atoms with Crippen LogP contribution in [-0.4, -0.2) is 11.7 Å². The Hall–Kier alpha value is -0.840. The van der Waals surface area contributed by atoms with Gasteiger partial charge in [0, 0.05) is 5.39 Å². The topological polar surface area (TPSA) is 59.4 Å². The summed E-state index contributed by atoms with van der Waals surface area (Å²) < 4.78 is 6.19. The van der Waals surface area contributed by atoms with E-state index in [1.807, 2.05) is 18.2 Å². The van der Waals surface area contributed by atoms with Crippen LogP contribution in [0.1, 0.15) is 18.1 Å². The molecule has 4 heteroatoms. The molecule has 2 rings (SSSR count). The fraction of sp³-hybridized carbons (Fsp3) is 0.273. The Morgan fingerprint density at radius 1 is 1.47 bits per heavy atom. The van der Waals surface area contributed by atoms with Gasteiger partial charge in [-0.1, -0.05) is 6.07 Å². The van der Waals surface area contributed by atoms with Gasteiger partial charge in [0.25, 0.3) is 0 Å². The largest absolute Gasteiger partial charge is 0.463 e. The molecule has 0 aliphatic rings. The molecular weight excluding hydrogens is 258 g/mol. The van der Waals surface area contributed by atoms with Gasteiger partial charge in [-0.2, -0.15) is 0 Å². The van der Waals surface area contributed by atoms with Crippen molar-refractivity contribution in [2.24, 2.45) is 5.73 Å². The minimum Gasteiger partial charge on any atom is -0.463 e. The predicted molar refractivity (Wildman–Crippen MR) is 62.5 cm³/mol. The zero-order valence-corrected chi connectivity index (χ0v) is 9.70. The smallest absolute Gasteiger partial charge is 0.135 e. The molecule has 3 nitrogen and oxygen atoms in total. The molecule has 0 aliphatic heterocycles. The third kappa shape index (κ3) is 2.07. The standard InChI is InChI=1S/C11H12BrNO2/c12-9-6-15-11-2-1-7(5-8(9)11)10(14)3-4-13/h1-2,5-6,10,14H,3-4,13H2. The van der Waals surface area contributed by atoms with E-state index in [0.29, 0.717) is 13.0 Å². The number of nitrogens with two attached hydrogens (primary N) is 1. The van der Waals surface area contributed by atoms with Gasteiger partial charge in [0.05, 0.1) is 10.6 Å². The van der Waals surface area contributed by atoms with E-state index < -0.39 is 6.10 Å². The van der Waals surface area contributed by atoms with Crippen molar-refractivity contribution in [1.29, 1.82) is 0 Å². The summed E-state index contributed by atoms with van der Waals surface area (Å²) >= 11 is 3.39. The lowest BCUT2D eigenvalue weighted by Gasteiger charge is -2.09. The van der Waals surface area contributed by atoms with Crippen LogP contribution in [0.15, 0.2) is 33.4 Å². The van der Waals surface area contributed by atoms with Gasteiger partial charge in [-0.3, -0.25) is 0 Å². The van der Waals surface area contributed by atoms with Crippen molar-refractivity contribution < 1.29 is 9.52 Å². The normalized spacial score (nSPS) is 13.3. The fourth-order valence-corrected chi connectivity index (χ4v) is 1.95. The average molecular weight is 270 g/mol. The minimum atomic E-state index is -0.499. The third-order valence-corrected chi connectivity index (χ3v) is 2.99. The maximum atomic E-state index is 9.78. The lowest BCUT2D eigenvalue weighted by molar-refractivity contribution is 0.170. The van der Waals surface area contributed by atoms with Crippen LogP contribution in [0, 0.1) is 0 Å². The molecule has 1 unspecified atom stereocenters. The minimum absolute atomic E-state index is 0.478. The van der Waals surface area contributed by atoms with Crippen LogP contribution in [0.3, 0.4) is 0 Å². The van der Waals surface area contributed by atoms with Gasteiger partial charge in [0.2, 0.25) is 0 Å². The summed E-state index contributed by atoms with van der Waals surface area (Å²) in [5.41, 5.74) is 7.08. The summed E-state index contributed by atoms with van der Waals surface area (Å²) in [7, 11) is 0. The first-order valence-corrected chi connectivity index (χ1v) is 5.56. The maximum Gasteiger partial charge on any atom is 0.135 e. The molecule has 1 aromatic heterocycles. The monoisotopic (exact) mass is 269 g/mol. The van der Waals surface area contributed by atoms with Gasteiger partial charge in [-0.25, -0.2) is 0 Å². The molecule has 1 aromatic carbocycles. The van der Waals surface area contributed by atoms with Crippen LogP contribution < -0.4 is 5.73 Å². The molecule has 1 heterocycles. The van der Waals surface area contributed by atoms with Gasteiger partial charge in [0.15, 0.2) is 0 Å². The second-order valence-electron chi connectivity index (χ2n) is 3.43. The number of aliphatic hydroxyl groups excluding tert-OH is 1. The van der Waals surface area contributed by atoms with E-state index in [4.69, 9.17) is 10.2 Å². The summed E-state index contributed by atoms with van der Waals surface area (Å²) in [6.07, 6.45) is 1.71. The number of fused-ring (bicyclic) bond motifs is 1. The molecule has 0 saturated heterocycles. The first kappa shape index (κ1) is 10.7. The number of hydrogen-bond acceptors (Lipinski definition) is 3. The zero-order chi connectivity index (χ0) is 10.8. The van der Waals surface area contributed by atoms with Gasteiger partial charge in [-0.05, 0) is 46.6 Å². The molecule has 0 fully saturated rings. The number of halogens is 1. The summed E-state index contributed by atoms with van der Waals surface area (Å²) in [5.74, 6) is 0. The third-order valence-electron chi connectivity index (χ3n) is 2.38. The zero-order valence-electron chi connectivity index (χ0n) is 8.11. The van der Waals surface area contributed by atoms with Gasteiger partial charge < -0.3 is 15.3 Å². The Labute approximate surface area is 96.0 Å². The van der Waals surface area contributed by atoms with Crippen molar-refractivity contribution in [2.75, 3.05) is 6.54 Å². The lowest BCUT2D eigenvalue weighted by Crippen LogP contribution is -2.06. The lowest BCUT2D eigenvalue weighted by atomic mass is 10.1. The average Bonchev–Trinajstić information content (AvgIpc) is 2.60. The van der Waals surface area contributed by atoms with E-state index in [1.165, 1.54) is 0 Å². The molecular formula is C11H12BrNO2. The highest BCUT2D eigenvalue weighted by Crippen LogP contribution is 2.29. The molecule has 1 atom stereocenters. The van der Waals surface area contributed by atoms with E-state index in [1.54, 1.807) is 6.26 Å². The van der Waals surface area contributed by atoms with E-state index in [0.717, 1.165) is 21.0 Å². The van der Waals surface area contributed by atoms with Crippen molar-refractivity contribution in [1.82, 2.24) is 0 Å². The second-order valence-corrected chi connectivity index (χ2v) is 4.29. The first-order chi connectivity index (χ1) is 7.22. The predicted octanol–water partition coefficient (Wildman–Crippen LogP) is 2.58. The van der Waals surface area contributed by atoms with Crippen LogP contribution in [-0.2, 0) is 0 Å². The number of hydrogen-bond donors (Lipinski definition) is 2. The fourth-order valence-electron chi connectivity index (χ4n) is 1.55. The summed E-state index contributed by atoms with van der Waals surface area (Å²) in [6.45, 7) is 0.478. The Morgan fingerprint density at radius 2 is 2.27 bits per heavy atom. The van der Waals surface area contributed by atoms with Crippen LogP contribution in [0.5, 0.6) is 0 Å². The summed E-state index contributed by atoms with van der Waals surface area (Å²) in [4.78, 5) is 0. The highest BCUT2D eigenvalue weighted by atomic mass is 79.9. The van der Waals surface area contributed by atoms with Crippen LogP contribution in [0.25, 0.3) is 11.0 Å². The first-order valence-electron chi connectivity index (χ1n) is 4.77. The van der Waals surface area contributed by atoms with Gasteiger partial charge in [0.1, 0.15) is 11.8 Å². The van der Waals surface area contributed by atoms with Crippen molar-refractivity contribution >= 4 is 26.9 Å². The van der Waals surface area contributed by atoms with Crippen molar-refractivity contribution in [3.05, 3.63) is 34.5 Å². The highest BCUT2D eigenvalue weighted by molar-refractivity contribution is 9.10. The van der Waals surface area contributed by atoms with Gasteiger partial charge in [-0.15, -0.1) is 0 Å². The van der Waals surface area contributed by atoms with Crippen molar-refractivity contribution in [3.8, 4) is 0 Å².